The van der Waals surface area contributed by atoms with E-state index < -0.39 is 13.5 Å². The van der Waals surface area contributed by atoms with Gasteiger partial charge >= 0.3 is 159 Å². The van der Waals surface area contributed by atoms with Gasteiger partial charge in [0, 0.05) is 0 Å². The minimum absolute atomic E-state index is 0.0801. The molecule has 138 valence electrons. The topological polar surface area (TPSA) is 31.8 Å². The van der Waals surface area contributed by atoms with Crippen LogP contribution in [0.25, 0.3) is 0 Å². The number of aryl methyl sites for hydroxylation is 1. The molecule has 1 N–H and O–H groups in total. The quantitative estimate of drug-likeness (QED) is 0.327. The maximum absolute atomic E-state index is 11.9. The van der Waals surface area contributed by atoms with Crippen LogP contribution >= 0.6 is 19.4 Å². The third kappa shape index (κ3) is 7.21. The van der Waals surface area contributed by atoms with Crippen LogP contribution in [0, 0.1) is 7.11 Å². The van der Waals surface area contributed by atoms with Crippen LogP contribution < -0.4 is 5.32 Å². The standard InChI is InChI=1S/C18H27NO2.2ClH.Ru/c1-7-15(5)19-18(20)11-9-16-8-10-17(14(4)12-16)21(6)13(2)3;;;/h4,8,10,12-13,15H,6-7,9,11H2,1-3,5H3,(H,19,20);2*1H;/q;;;+2/p-2. The normalized spacial score (nSPS) is 12.8. The summed E-state index contributed by atoms with van der Waals surface area (Å²) in [6.45, 7) is 8.16. The van der Waals surface area contributed by atoms with E-state index in [1.165, 1.54) is 0 Å². The van der Waals surface area contributed by atoms with Crippen LogP contribution in [0.2, 0.25) is 0 Å². The van der Waals surface area contributed by atoms with Crippen LogP contribution in [0.4, 0.5) is 0 Å². The Kier molecular flexibility index (Phi) is 9.48. The van der Waals surface area contributed by atoms with Crippen molar-refractivity contribution in [2.24, 2.45) is 0 Å². The molecule has 6 heteroatoms. The van der Waals surface area contributed by atoms with Crippen molar-refractivity contribution in [2.75, 3.05) is 0 Å². The van der Waals surface area contributed by atoms with Crippen molar-refractivity contribution in [1.29, 1.82) is 0 Å². The first kappa shape index (κ1) is 21.6. The molecule has 0 heterocycles. The van der Waals surface area contributed by atoms with E-state index in [0.717, 1.165) is 23.3 Å². The summed E-state index contributed by atoms with van der Waals surface area (Å²) in [5.74, 6) is 1.01. The molecule has 1 unspecified atom stereocenters. The Morgan fingerprint density at radius 3 is 2.58 bits per heavy atom. The number of amides is 1. The Balaban J connectivity index is 2.91. The average Bonchev–Trinajstić information content (AvgIpc) is 2.51. The van der Waals surface area contributed by atoms with Crippen LogP contribution in [0.1, 0.15) is 51.7 Å². The second kappa shape index (κ2) is 10.5. The van der Waals surface area contributed by atoms with Crippen LogP contribution in [0.5, 0.6) is 5.75 Å². The van der Waals surface area contributed by atoms with Gasteiger partial charge in [0.25, 0.3) is 0 Å². The van der Waals surface area contributed by atoms with Crippen LogP contribution in [-0.2, 0) is 29.1 Å². The molecule has 1 amide bonds. The monoisotopic (exact) mass is 461 g/mol. The van der Waals surface area contributed by atoms with Crippen LogP contribution in [0.15, 0.2) is 18.2 Å². The summed E-state index contributed by atoms with van der Waals surface area (Å²) >= 11 is -1.95. The molecule has 0 aromatic heterocycles. The Bertz CT molecular complexity index is 586. The second-order valence-electron chi connectivity index (χ2n) is 6.03. The van der Waals surface area contributed by atoms with Crippen LogP contribution in [0.3, 0.4) is 0 Å². The van der Waals surface area contributed by atoms with E-state index >= 15 is 0 Å². The zero-order valence-electron chi connectivity index (χ0n) is 14.7. The molecule has 0 aliphatic rings. The van der Waals surface area contributed by atoms with Crippen LogP contribution in [-0.4, -0.2) is 22.7 Å². The fraction of sp³-hybridized carbons (Fsp3) is 0.500. The van der Waals surface area contributed by atoms with Crippen molar-refractivity contribution in [3.8, 4) is 5.75 Å². The third-order valence-corrected chi connectivity index (χ3v) is 5.61. The summed E-state index contributed by atoms with van der Waals surface area (Å²) in [5, 5.41) is 2.99. The molecule has 1 aromatic rings. The molecule has 0 aliphatic heterocycles. The van der Waals surface area contributed by atoms with E-state index in [0.29, 0.717) is 12.8 Å². The van der Waals surface area contributed by atoms with Gasteiger partial charge in [-0.3, -0.25) is 0 Å². The van der Waals surface area contributed by atoms with E-state index in [9.17, 15) is 4.79 Å². The molecular weight excluding hydrogens is 434 g/mol. The summed E-state index contributed by atoms with van der Waals surface area (Å²) in [5.41, 5.74) is 2.05. The molecule has 0 saturated heterocycles. The van der Waals surface area contributed by atoms with Gasteiger partial charge in [0.15, 0.2) is 0 Å². The van der Waals surface area contributed by atoms with E-state index in [1.54, 1.807) is 0 Å². The molecule has 0 bridgehead atoms. The van der Waals surface area contributed by atoms with E-state index in [4.69, 9.17) is 19.4 Å². The maximum atomic E-state index is 11.9. The van der Waals surface area contributed by atoms with Gasteiger partial charge in [0.2, 0.25) is 0 Å². The number of hydrogen-bond acceptors (Lipinski definition) is 1. The molecule has 0 spiro atoms. The summed E-state index contributed by atoms with van der Waals surface area (Å²) in [6.07, 6.45) is 2.28. The van der Waals surface area contributed by atoms with E-state index in [2.05, 4.69) is 23.7 Å². The Hall–Kier alpha value is -0.437. The zero-order chi connectivity index (χ0) is 18.3. The second-order valence-corrected chi connectivity index (χ2v) is 11.8. The van der Waals surface area contributed by atoms with Gasteiger partial charge in [-0.2, -0.15) is 0 Å². The van der Waals surface area contributed by atoms with Gasteiger partial charge in [0.05, 0.1) is 0 Å². The van der Waals surface area contributed by atoms with Gasteiger partial charge in [-0.05, 0) is 0 Å². The first-order valence-electron chi connectivity index (χ1n) is 8.02. The first-order valence-corrected chi connectivity index (χ1v) is 13.5. The third-order valence-electron chi connectivity index (χ3n) is 3.77. The predicted octanol–water partition coefficient (Wildman–Crippen LogP) is 5.08. The SMILES string of the molecule is [CH2-][O+](c1ccc(CCC(=O)NC(C)CC)cc1[CH]=[Ru]([Cl])[Cl])C(C)C. The molecule has 24 heavy (non-hydrogen) atoms. The first-order chi connectivity index (χ1) is 11.2. The Labute approximate surface area is 158 Å². The molecule has 0 fully saturated rings. The van der Waals surface area contributed by atoms with Crippen molar-refractivity contribution < 1.29 is 22.7 Å². The van der Waals surface area contributed by atoms with Crippen molar-refractivity contribution in [3.05, 3.63) is 36.4 Å². The van der Waals surface area contributed by atoms with Crippen molar-refractivity contribution >= 4 is 29.9 Å². The molecule has 1 atom stereocenters. The number of rotatable bonds is 8. The van der Waals surface area contributed by atoms with Crippen molar-refractivity contribution in [3.63, 3.8) is 0 Å². The molecule has 0 saturated carbocycles. The average molecular weight is 461 g/mol. The van der Waals surface area contributed by atoms with E-state index in [-0.39, 0.29) is 18.1 Å². The van der Waals surface area contributed by atoms with Gasteiger partial charge in [-0.25, -0.2) is 0 Å². The summed E-state index contributed by atoms with van der Waals surface area (Å²) < 4.78 is 4.75. The summed E-state index contributed by atoms with van der Waals surface area (Å²) in [4.78, 5) is 11.9. The summed E-state index contributed by atoms with van der Waals surface area (Å²) in [6, 6.07) is 6.28. The summed E-state index contributed by atoms with van der Waals surface area (Å²) in [7, 11) is 16.1. The van der Waals surface area contributed by atoms with Gasteiger partial charge in [-0.15, -0.1) is 0 Å². The molecule has 1 aromatic carbocycles. The molecule has 0 radical (unpaired) electrons. The van der Waals surface area contributed by atoms with Gasteiger partial charge in [0.1, 0.15) is 0 Å². The van der Waals surface area contributed by atoms with Crippen molar-refractivity contribution in [2.45, 2.75) is 59.1 Å². The predicted molar refractivity (Wildman–Crippen MR) is 101 cm³/mol. The number of hydrogen-bond donors (Lipinski definition) is 1. The van der Waals surface area contributed by atoms with Gasteiger partial charge < -0.3 is 0 Å². The number of carbonyl (C=O) groups excluding carboxylic acids is 1. The zero-order valence-corrected chi connectivity index (χ0v) is 18.0. The van der Waals surface area contributed by atoms with Gasteiger partial charge in [-0.1, -0.05) is 0 Å². The number of nitrogens with one attached hydrogen (secondary N) is 1. The molecule has 3 nitrogen and oxygen atoms in total. The molecular formula is C18H27Cl2NO2Ru. The van der Waals surface area contributed by atoms with E-state index in [1.807, 2.05) is 43.6 Å². The Morgan fingerprint density at radius 1 is 1.38 bits per heavy atom. The molecule has 1 rings (SSSR count). The van der Waals surface area contributed by atoms with Crippen molar-refractivity contribution in [1.82, 2.24) is 5.32 Å². The fourth-order valence-electron chi connectivity index (χ4n) is 2.12. The minimum atomic E-state index is -1.95. The fourth-order valence-corrected chi connectivity index (χ4v) is 3.90. The molecule has 0 aliphatic carbocycles. The number of carbonyl (C=O) groups is 1. The Morgan fingerprint density at radius 2 is 2.04 bits per heavy atom. The number of halogens is 2. The number of benzene rings is 1.